The summed E-state index contributed by atoms with van der Waals surface area (Å²) in [4.78, 5) is 29.2. The van der Waals surface area contributed by atoms with E-state index in [0.29, 0.717) is 56.9 Å². The number of rotatable bonds is 9. The van der Waals surface area contributed by atoms with E-state index in [2.05, 4.69) is 4.90 Å². The molecule has 0 radical (unpaired) electrons. The van der Waals surface area contributed by atoms with Crippen molar-refractivity contribution in [1.82, 2.24) is 9.47 Å². The van der Waals surface area contributed by atoms with Crippen molar-refractivity contribution >= 4 is 17.3 Å². The molecule has 0 atom stereocenters. The largest absolute Gasteiger partial charge is 0.497 e. The van der Waals surface area contributed by atoms with Crippen molar-refractivity contribution in [2.45, 2.75) is 25.9 Å². The third-order valence-corrected chi connectivity index (χ3v) is 7.08. The fourth-order valence-corrected chi connectivity index (χ4v) is 5.04. The van der Waals surface area contributed by atoms with Crippen LogP contribution in [0.1, 0.15) is 26.5 Å². The van der Waals surface area contributed by atoms with Crippen molar-refractivity contribution in [2.75, 3.05) is 41.0 Å². The van der Waals surface area contributed by atoms with Crippen molar-refractivity contribution in [2.24, 2.45) is 0 Å². The lowest BCUT2D eigenvalue weighted by Gasteiger charge is -2.21. The number of carbonyl (C=O) groups is 1. The van der Waals surface area contributed by atoms with Gasteiger partial charge < -0.3 is 23.5 Å². The minimum absolute atomic E-state index is 0.181. The van der Waals surface area contributed by atoms with Gasteiger partial charge in [0.25, 0.3) is 5.56 Å². The molecule has 0 saturated carbocycles. The molecule has 3 heterocycles. The Morgan fingerprint density at radius 2 is 1.89 bits per heavy atom. The molecule has 0 bridgehead atoms. The maximum absolute atomic E-state index is 13.0. The number of methoxy groups -OCH3 is 3. The second-order valence-electron chi connectivity index (χ2n) is 8.19. The van der Waals surface area contributed by atoms with Gasteiger partial charge in [0.15, 0.2) is 0 Å². The molecule has 0 spiro atoms. The van der Waals surface area contributed by atoms with Crippen LogP contribution in [0.4, 0.5) is 0 Å². The molecule has 0 N–H and O–H groups in total. The molecule has 1 aliphatic heterocycles. The van der Waals surface area contributed by atoms with Crippen molar-refractivity contribution in [1.29, 1.82) is 0 Å². The zero-order valence-corrected chi connectivity index (χ0v) is 21.1. The number of hydrogen-bond donors (Lipinski definition) is 0. The van der Waals surface area contributed by atoms with E-state index in [0.717, 1.165) is 17.1 Å². The highest BCUT2D eigenvalue weighted by Crippen LogP contribution is 2.28. The topological polar surface area (TPSA) is 79.2 Å². The number of hydrogen-bond acceptors (Lipinski definition) is 8. The Hall–Kier alpha value is -3.30. The first-order valence-corrected chi connectivity index (χ1v) is 12.4. The SMILES string of the molecule is COC(=O)c1c(OCCc2cccs2)cc(=O)n2c1CCN(Cc1cc(OC)ccc1OC)CC2. The molecule has 4 rings (SSSR count). The number of pyridine rings is 1. The van der Waals surface area contributed by atoms with Crippen LogP contribution in [0.3, 0.4) is 0 Å². The van der Waals surface area contributed by atoms with Gasteiger partial charge in [0.1, 0.15) is 22.8 Å². The Morgan fingerprint density at radius 1 is 1.03 bits per heavy atom. The zero-order chi connectivity index (χ0) is 24.8. The maximum Gasteiger partial charge on any atom is 0.343 e. The minimum Gasteiger partial charge on any atom is -0.497 e. The van der Waals surface area contributed by atoms with Crippen LogP contribution in [0.25, 0.3) is 0 Å². The molecule has 0 aliphatic carbocycles. The highest BCUT2D eigenvalue weighted by molar-refractivity contribution is 7.09. The van der Waals surface area contributed by atoms with Gasteiger partial charge in [0.2, 0.25) is 0 Å². The maximum atomic E-state index is 13.0. The van der Waals surface area contributed by atoms with E-state index in [4.69, 9.17) is 18.9 Å². The number of benzene rings is 1. The van der Waals surface area contributed by atoms with E-state index in [1.54, 1.807) is 30.1 Å². The average Bonchev–Trinajstić information content (AvgIpc) is 3.30. The molecule has 0 saturated heterocycles. The lowest BCUT2D eigenvalue weighted by Crippen LogP contribution is -2.29. The fourth-order valence-electron chi connectivity index (χ4n) is 4.35. The van der Waals surface area contributed by atoms with Gasteiger partial charge in [-0.25, -0.2) is 4.79 Å². The molecule has 2 aromatic heterocycles. The van der Waals surface area contributed by atoms with Crippen LogP contribution in [0, 0.1) is 0 Å². The Balaban J connectivity index is 1.57. The van der Waals surface area contributed by atoms with E-state index in [1.807, 2.05) is 35.7 Å². The average molecular weight is 499 g/mol. The summed E-state index contributed by atoms with van der Waals surface area (Å²) in [7, 11) is 4.62. The minimum atomic E-state index is -0.497. The quantitative estimate of drug-likeness (QED) is 0.419. The molecular formula is C26H30N2O6S. The second kappa shape index (κ2) is 11.4. The summed E-state index contributed by atoms with van der Waals surface area (Å²) in [6.45, 7) is 2.75. The number of ether oxygens (including phenoxy) is 4. The molecular weight excluding hydrogens is 468 g/mol. The summed E-state index contributed by atoms with van der Waals surface area (Å²) in [5.41, 5.74) is 1.80. The first-order chi connectivity index (χ1) is 17.0. The molecule has 0 fully saturated rings. The van der Waals surface area contributed by atoms with Crippen molar-refractivity contribution < 1.29 is 23.7 Å². The Kier molecular flexibility index (Phi) is 8.09. The number of fused-ring (bicyclic) bond motifs is 1. The van der Waals surface area contributed by atoms with Crippen LogP contribution in [0.15, 0.2) is 46.6 Å². The van der Waals surface area contributed by atoms with Crippen molar-refractivity contribution in [3.8, 4) is 17.2 Å². The van der Waals surface area contributed by atoms with Gasteiger partial charge in [0.05, 0.1) is 27.9 Å². The standard InChI is InChI=1S/C26H30N2O6S/c1-31-19-6-7-22(32-2)18(15-19)17-27-10-8-21-25(26(30)33-3)23(16-24(29)28(21)12-11-27)34-13-9-20-5-4-14-35-20/h4-7,14-16H,8-13,17H2,1-3H3. The zero-order valence-electron chi connectivity index (χ0n) is 20.2. The van der Waals surface area contributed by atoms with Crippen LogP contribution in [0.2, 0.25) is 0 Å². The Labute approximate surface area is 208 Å². The smallest absolute Gasteiger partial charge is 0.343 e. The van der Waals surface area contributed by atoms with Crippen molar-refractivity contribution in [3.05, 3.63) is 73.8 Å². The Bertz CT molecular complexity index is 1220. The molecule has 0 unspecified atom stereocenters. The molecule has 1 aromatic carbocycles. The number of thiophene rings is 1. The van der Waals surface area contributed by atoms with Crippen LogP contribution >= 0.6 is 11.3 Å². The van der Waals surface area contributed by atoms with Crippen LogP contribution in [-0.2, 0) is 30.7 Å². The normalized spacial score (nSPS) is 13.6. The highest BCUT2D eigenvalue weighted by atomic mass is 32.1. The third kappa shape index (κ3) is 5.68. The van der Waals surface area contributed by atoms with Gasteiger partial charge >= 0.3 is 5.97 Å². The molecule has 0 amide bonds. The van der Waals surface area contributed by atoms with E-state index >= 15 is 0 Å². The summed E-state index contributed by atoms with van der Waals surface area (Å²) in [5.74, 6) is 1.32. The number of aromatic nitrogens is 1. The molecule has 35 heavy (non-hydrogen) atoms. The molecule has 8 nitrogen and oxygen atoms in total. The predicted molar refractivity (Wildman–Crippen MR) is 134 cm³/mol. The lowest BCUT2D eigenvalue weighted by atomic mass is 10.1. The molecule has 9 heteroatoms. The number of carbonyl (C=O) groups excluding carboxylic acids is 1. The first kappa shape index (κ1) is 24.8. The van der Waals surface area contributed by atoms with Gasteiger partial charge in [-0.3, -0.25) is 9.69 Å². The summed E-state index contributed by atoms with van der Waals surface area (Å²) in [5, 5.41) is 2.01. The van der Waals surface area contributed by atoms with E-state index in [-0.39, 0.29) is 11.3 Å². The predicted octanol–water partition coefficient (Wildman–Crippen LogP) is 3.39. The second-order valence-corrected chi connectivity index (χ2v) is 9.23. The highest BCUT2D eigenvalue weighted by Gasteiger charge is 2.26. The summed E-state index contributed by atoms with van der Waals surface area (Å²) < 4.78 is 23.6. The monoisotopic (exact) mass is 498 g/mol. The van der Waals surface area contributed by atoms with Gasteiger partial charge in [-0.15, -0.1) is 11.3 Å². The van der Waals surface area contributed by atoms with Gasteiger partial charge in [-0.05, 0) is 29.6 Å². The number of esters is 1. The molecule has 1 aliphatic rings. The fraction of sp³-hybridized carbons (Fsp3) is 0.385. The van der Waals surface area contributed by atoms with E-state index in [9.17, 15) is 9.59 Å². The van der Waals surface area contributed by atoms with E-state index in [1.165, 1.54) is 18.1 Å². The number of nitrogens with zero attached hydrogens (tertiary/aromatic N) is 2. The Morgan fingerprint density at radius 3 is 2.60 bits per heavy atom. The van der Waals surface area contributed by atoms with Crippen LogP contribution < -0.4 is 19.8 Å². The van der Waals surface area contributed by atoms with E-state index < -0.39 is 5.97 Å². The summed E-state index contributed by atoms with van der Waals surface area (Å²) in [6.07, 6.45) is 1.21. The third-order valence-electron chi connectivity index (χ3n) is 6.14. The lowest BCUT2D eigenvalue weighted by molar-refractivity contribution is 0.0593. The first-order valence-electron chi connectivity index (χ1n) is 11.5. The van der Waals surface area contributed by atoms with Gasteiger partial charge in [-0.2, -0.15) is 0 Å². The summed E-state index contributed by atoms with van der Waals surface area (Å²) in [6, 6.07) is 11.1. The van der Waals surface area contributed by atoms with Gasteiger partial charge in [0, 0.05) is 61.2 Å². The summed E-state index contributed by atoms with van der Waals surface area (Å²) >= 11 is 1.65. The van der Waals surface area contributed by atoms with Crippen molar-refractivity contribution in [3.63, 3.8) is 0 Å². The van der Waals surface area contributed by atoms with Crippen LogP contribution in [0.5, 0.6) is 17.2 Å². The molecule has 186 valence electrons. The van der Waals surface area contributed by atoms with Gasteiger partial charge in [-0.1, -0.05) is 6.07 Å². The van der Waals surface area contributed by atoms with Crippen LogP contribution in [-0.4, -0.2) is 56.5 Å². The molecule has 3 aromatic rings.